The first-order valence-corrected chi connectivity index (χ1v) is 2.85. The molecule has 0 aliphatic carbocycles. The predicted octanol–water partition coefficient (Wildman–Crippen LogP) is 1.54. The van der Waals surface area contributed by atoms with Crippen molar-refractivity contribution in [1.82, 2.24) is 0 Å². The number of rotatable bonds is 3. The minimum absolute atomic E-state index is 0.363. The van der Waals surface area contributed by atoms with E-state index in [0.29, 0.717) is 12.5 Å². The summed E-state index contributed by atoms with van der Waals surface area (Å²) < 4.78 is 0. The molecule has 0 rings (SSSR count). The van der Waals surface area contributed by atoms with Crippen LogP contribution in [0.3, 0.4) is 0 Å². The highest BCUT2D eigenvalue weighted by Gasteiger charge is 1.83. The van der Waals surface area contributed by atoms with Gasteiger partial charge >= 0.3 is 0 Å². The van der Waals surface area contributed by atoms with E-state index in [4.69, 9.17) is 0 Å². The van der Waals surface area contributed by atoms with Crippen molar-refractivity contribution in [3.8, 4) is 0 Å². The van der Waals surface area contributed by atoms with Crippen molar-refractivity contribution in [2.45, 2.75) is 20.8 Å². The molecule has 0 saturated carbocycles. The van der Waals surface area contributed by atoms with E-state index in [-0.39, 0.29) is 0 Å². The maximum atomic E-state index is 4.66. The Bertz CT molecular complexity index is 68.9. The monoisotopic (exact) mass is 114 g/mol. The molecule has 8 heavy (non-hydrogen) atoms. The molecule has 0 aromatic rings. The molecule has 0 amide bonds. The van der Waals surface area contributed by atoms with Gasteiger partial charge in [0.25, 0.3) is 0 Å². The highest BCUT2D eigenvalue weighted by molar-refractivity contribution is 5.58. The zero-order valence-electron chi connectivity index (χ0n) is 5.64. The lowest BCUT2D eigenvalue weighted by atomic mass is 10.3. The molecule has 0 heterocycles. The zero-order chi connectivity index (χ0) is 6.41. The fourth-order valence-corrected chi connectivity index (χ4v) is 0.207. The first-order chi connectivity index (χ1) is 3.77. The largest absolute Gasteiger partial charge is 0.396 e. The first-order valence-electron chi connectivity index (χ1n) is 2.85. The Hall–Kier alpha value is -0.530. The first kappa shape index (κ1) is 7.47. The smallest absolute Gasteiger partial charge is 0.114 e. The molecule has 0 saturated heterocycles. The fraction of sp³-hybridized carbons (Fsp3) is 0.833. The van der Waals surface area contributed by atoms with Gasteiger partial charge in [0.1, 0.15) is 12.8 Å². The molecule has 0 unspecified atom stereocenters. The molecule has 0 aliphatic rings. The van der Waals surface area contributed by atoms with Crippen molar-refractivity contribution >= 4 is 6.21 Å². The van der Waals surface area contributed by atoms with Gasteiger partial charge in [-0.05, 0) is 6.92 Å². The van der Waals surface area contributed by atoms with E-state index in [1.165, 1.54) is 0 Å². The molecule has 2 heteroatoms. The quantitative estimate of drug-likeness (QED) is 0.403. The van der Waals surface area contributed by atoms with E-state index >= 15 is 0 Å². The Balaban J connectivity index is 3.07. The van der Waals surface area contributed by atoms with Gasteiger partial charge in [-0.25, -0.2) is 0 Å². The maximum absolute atomic E-state index is 4.66. The molecule has 0 fully saturated rings. The van der Waals surface area contributed by atoms with Gasteiger partial charge in [0.05, 0.1) is 0 Å². The van der Waals surface area contributed by atoms with E-state index < -0.39 is 0 Å². The third-order valence-corrected chi connectivity index (χ3v) is 0.505. The minimum atomic E-state index is 0.363. The van der Waals surface area contributed by atoms with Gasteiger partial charge in [0, 0.05) is 5.92 Å². The van der Waals surface area contributed by atoms with Gasteiger partial charge < -0.3 is 4.84 Å². The van der Waals surface area contributed by atoms with Crippen LogP contribution in [0.2, 0.25) is 0 Å². The van der Waals surface area contributed by atoms with Crippen LogP contribution in [0.25, 0.3) is 0 Å². The molecule has 0 N–H and O–H groups in total. The van der Waals surface area contributed by atoms with Crippen LogP contribution >= 0.6 is 0 Å². The molecule has 47 valence electrons. The fourth-order valence-electron chi connectivity index (χ4n) is 0.207. The topological polar surface area (TPSA) is 21.6 Å². The Kier molecular flexibility index (Phi) is 4.32. The number of hydrogen-bond donors (Lipinski definition) is 0. The molecule has 0 aromatic carbocycles. The summed E-state index contributed by atoms with van der Waals surface area (Å²) in [6.45, 7) is 6.52. The lowest BCUT2D eigenvalue weighted by Crippen LogP contribution is -1.88. The average molecular weight is 114 g/mol. The van der Waals surface area contributed by atoms with Crippen LogP contribution in [0.15, 0.2) is 5.16 Å². The molecule has 0 atom stereocenters. The third-order valence-electron chi connectivity index (χ3n) is 0.505. The van der Waals surface area contributed by atoms with Crippen molar-refractivity contribution in [2.24, 2.45) is 11.1 Å². The van der Waals surface area contributed by atoms with Gasteiger partial charge in [-0.3, -0.25) is 0 Å². The Morgan fingerprint density at radius 1 is 1.62 bits per heavy atom. The highest BCUT2D eigenvalue weighted by Crippen LogP contribution is 1.84. The van der Waals surface area contributed by atoms with Gasteiger partial charge in [-0.15, -0.1) is 0 Å². The number of nitrogens with zero attached hydrogens (tertiary/aromatic N) is 1. The van der Waals surface area contributed by atoms with Crippen LogP contribution < -0.4 is 0 Å². The molecule has 1 radical (unpaired) electrons. The van der Waals surface area contributed by atoms with Crippen LogP contribution in [0.5, 0.6) is 0 Å². The Morgan fingerprint density at radius 3 is 2.62 bits per heavy atom. The molecular formula is C6H12NO. The van der Waals surface area contributed by atoms with E-state index in [1.807, 2.05) is 20.8 Å². The van der Waals surface area contributed by atoms with Gasteiger partial charge in [-0.2, -0.15) is 0 Å². The molecule has 2 nitrogen and oxygen atoms in total. The average Bonchev–Trinajstić information content (AvgIpc) is 1.66. The summed E-state index contributed by atoms with van der Waals surface area (Å²) in [7, 11) is 0. The summed E-state index contributed by atoms with van der Waals surface area (Å²) in [6.07, 6.45) is 2.75. The minimum Gasteiger partial charge on any atom is -0.396 e. The lowest BCUT2D eigenvalue weighted by Gasteiger charge is -1.91. The van der Waals surface area contributed by atoms with E-state index in [1.54, 1.807) is 0 Å². The SMILES string of the molecule is CCO/N=[C]/C(C)C. The Labute approximate surface area is 50.5 Å². The van der Waals surface area contributed by atoms with E-state index in [2.05, 4.69) is 16.2 Å². The molecule has 0 aliphatic heterocycles. The normalized spacial score (nSPS) is 11.0. The second-order valence-corrected chi connectivity index (χ2v) is 1.79. The summed E-state index contributed by atoms with van der Waals surface area (Å²) in [5, 5.41) is 3.54. The van der Waals surface area contributed by atoms with Crippen LogP contribution in [0.1, 0.15) is 20.8 Å². The summed E-state index contributed by atoms with van der Waals surface area (Å²) in [4.78, 5) is 4.66. The predicted molar refractivity (Wildman–Crippen MR) is 33.9 cm³/mol. The van der Waals surface area contributed by atoms with Gasteiger partial charge in [0.2, 0.25) is 0 Å². The summed E-state index contributed by atoms with van der Waals surface area (Å²) in [5.41, 5.74) is 0. The van der Waals surface area contributed by atoms with Crippen LogP contribution in [-0.4, -0.2) is 12.8 Å². The number of hydrogen-bond acceptors (Lipinski definition) is 2. The Morgan fingerprint density at radius 2 is 2.25 bits per heavy atom. The van der Waals surface area contributed by atoms with E-state index in [9.17, 15) is 0 Å². The second kappa shape index (κ2) is 4.62. The summed E-state index contributed by atoms with van der Waals surface area (Å²) in [6, 6.07) is 0. The van der Waals surface area contributed by atoms with E-state index in [0.717, 1.165) is 0 Å². The highest BCUT2D eigenvalue weighted by atomic mass is 16.6. The van der Waals surface area contributed by atoms with Crippen molar-refractivity contribution in [2.75, 3.05) is 6.61 Å². The molecule has 0 bridgehead atoms. The summed E-state index contributed by atoms with van der Waals surface area (Å²) in [5.74, 6) is 0.363. The zero-order valence-corrected chi connectivity index (χ0v) is 5.64. The lowest BCUT2D eigenvalue weighted by molar-refractivity contribution is 0.159. The van der Waals surface area contributed by atoms with Gasteiger partial charge in [-0.1, -0.05) is 19.0 Å². The van der Waals surface area contributed by atoms with Gasteiger partial charge in [0.15, 0.2) is 0 Å². The van der Waals surface area contributed by atoms with Crippen molar-refractivity contribution < 1.29 is 4.84 Å². The van der Waals surface area contributed by atoms with Crippen molar-refractivity contribution in [1.29, 1.82) is 0 Å². The van der Waals surface area contributed by atoms with Crippen LogP contribution in [0, 0.1) is 5.92 Å². The van der Waals surface area contributed by atoms with Crippen molar-refractivity contribution in [3.05, 3.63) is 0 Å². The van der Waals surface area contributed by atoms with Crippen LogP contribution in [0.4, 0.5) is 0 Å². The summed E-state index contributed by atoms with van der Waals surface area (Å²) >= 11 is 0. The molecular weight excluding hydrogens is 102 g/mol. The molecule has 0 spiro atoms. The van der Waals surface area contributed by atoms with Crippen LogP contribution in [-0.2, 0) is 4.84 Å². The third kappa shape index (κ3) is 5.47. The van der Waals surface area contributed by atoms with Crippen molar-refractivity contribution in [3.63, 3.8) is 0 Å². The second-order valence-electron chi connectivity index (χ2n) is 1.79. The standard InChI is InChI=1S/C6H12NO/c1-4-8-7-5-6(2)3/h6H,4H2,1-3H3. The molecule has 0 aromatic heterocycles. The maximum Gasteiger partial charge on any atom is 0.114 e.